The molecule has 0 spiro atoms. The topological polar surface area (TPSA) is 78.1 Å². The van der Waals surface area contributed by atoms with Crippen molar-refractivity contribution < 1.29 is 9.53 Å². The maximum absolute atomic E-state index is 11.7. The van der Waals surface area contributed by atoms with Crippen molar-refractivity contribution in [3.05, 3.63) is 42.4 Å². The number of anilines is 1. The van der Waals surface area contributed by atoms with Crippen molar-refractivity contribution in [2.24, 2.45) is 0 Å². The zero-order valence-corrected chi connectivity index (χ0v) is 12.2. The summed E-state index contributed by atoms with van der Waals surface area (Å²) in [6, 6.07) is 7.24. The first-order valence-electron chi connectivity index (χ1n) is 6.47. The fraction of sp³-hybridized carbons (Fsp3) is 0.133. The lowest BCUT2D eigenvalue weighted by molar-refractivity contribution is 0.0520. The summed E-state index contributed by atoms with van der Waals surface area (Å²) in [5, 5.41) is 0.840. The third kappa shape index (κ3) is 2.45. The van der Waals surface area contributed by atoms with Crippen molar-refractivity contribution >= 4 is 33.2 Å². The molecule has 3 heterocycles. The van der Waals surface area contributed by atoms with Crippen molar-refractivity contribution in [2.75, 3.05) is 12.3 Å². The van der Waals surface area contributed by atoms with E-state index in [0.717, 1.165) is 20.7 Å². The van der Waals surface area contributed by atoms with Gasteiger partial charge in [-0.2, -0.15) is 0 Å². The minimum absolute atomic E-state index is 0.295. The highest BCUT2D eigenvalue weighted by Gasteiger charge is 2.15. The van der Waals surface area contributed by atoms with Crippen LogP contribution in [0.15, 0.2) is 36.7 Å². The molecule has 0 unspecified atom stereocenters. The Morgan fingerprint density at radius 2 is 2.24 bits per heavy atom. The van der Waals surface area contributed by atoms with Crippen LogP contribution in [0, 0.1) is 0 Å². The first-order valence-corrected chi connectivity index (χ1v) is 7.29. The van der Waals surface area contributed by atoms with Crippen molar-refractivity contribution in [2.45, 2.75) is 6.92 Å². The molecule has 21 heavy (non-hydrogen) atoms. The molecule has 0 radical (unpaired) electrons. The molecule has 0 saturated carbocycles. The van der Waals surface area contributed by atoms with Crippen LogP contribution in [0.5, 0.6) is 0 Å². The molecule has 0 atom stereocenters. The van der Waals surface area contributed by atoms with Gasteiger partial charge in [-0.05, 0) is 25.1 Å². The van der Waals surface area contributed by atoms with Crippen LogP contribution in [0.4, 0.5) is 5.69 Å². The maximum Gasteiger partial charge on any atom is 0.356 e. The zero-order chi connectivity index (χ0) is 14.8. The molecule has 5 nitrogen and oxygen atoms in total. The van der Waals surface area contributed by atoms with Crippen molar-refractivity contribution in [1.82, 2.24) is 9.97 Å². The smallest absolute Gasteiger partial charge is 0.356 e. The number of aromatic nitrogens is 2. The van der Waals surface area contributed by atoms with Crippen molar-refractivity contribution in [1.29, 1.82) is 0 Å². The third-order valence-corrected chi connectivity index (χ3v) is 4.17. The largest absolute Gasteiger partial charge is 0.461 e. The molecule has 0 aliphatic rings. The number of nitrogens with two attached hydrogens (primary N) is 1. The van der Waals surface area contributed by atoms with Crippen molar-refractivity contribution in [3.63, 3.8) is 0 Å². The van der Waals surface area contributed by atoms with E-state index in [0.29, 0.717) is 18.0 Å². The first-order chi connectivity index (χ1) is 10.2. The van der Waals surface area contributed by atoms with Gasteiger partial charge in [-0.3, -0.25) is 4.98 Å². The highest BCUT2D eigenvalue weighted by molar-refractivity contribution is 7.22. The Morgan fingerprint density at radius 1 is 1.38 bits per heavy atom. The summed E-state index contributed by atoms with van der Waals surface area (Å²) in [5.41, 5.74) is 8.08. The lowest BCUT2D eigenvalue weighted by atomic mass is 10.2. The van der Waals surface area contributed by atoms with Gasteiger partial charge in [0.15, 0.2) is 0 Å². The van der Waals surface area contributed by atoms with E-state index >= 15 is 0 Å². The summed E-state index contributed by atoms with van der Waals surface area (Å²) in [7, 11) is 0. The minimum Gasteiger partial charge on any atom is -0.461 e. The van der Waals surface area contributed by atoms with Crippen molar-refractivity contribution in [3.8, 4) is 10.4 Å². The van der Waals surface area contributed by atoms with Gasteiger partial charge in [0.05, 0.1) is 17.2 Å². The second-order valence-corrected chi connectivity index (χ2v) is 5.36. The number of nitrogen functional groups attached to an aromatic ring is 1. The molecule has 0 bridgehead atoms. The molecule has 106 valence electrons. The highest BCUT2D eigenvalue weighted by Crippen LogP contribution is 2.39. The summed E-state index contributed by atoms with van der Waals surface area (Å²) in [6.45, 7) is 2.09. The van der Waals surface area contributed by atoms with Crippen LogP contribution < -0.4 is 5.73 Å². The third-order valence-electron chi connectivity index (χ3n) is 3.00. The van der Waals surface area contributed by atoms with E-state index in [9.17, 15) is 4.79 Å². The average molecular weight is 299 g/mol. The van der Waals surface area contributed by atoms with Gasteiger partial charge in [-0.15, -0.1) is 11.3 Å². The molecule has 0 aliphatic carbocycles. The molecule has 0 fully saturated rings. The van der Waals surface area contributed by atoms with Crippen LogP contribution in [0.1, 0.15) is 17.4 Å². The molecular weight excluding hydrogens is 286 g/mol. The number of rotatable bonds is 3. The van der Waals surface area contributed by atoms with Gasteiger partial charge in [0.2, 0.25) is 0 Å². The molecule has 3 rings (SSSR count). The van der Waals surface area contributed by atoms with E-state index in [1.165, 1.54) is 11.3 Å². The maximum atomic E-state index is 11.7. The SMILES string of the molecule is CCOC(=O)c1ccc2c(N)c(-c3cccnc3)sc2n1. The number of esters is 1. The summed E-state index contributed by atoms with van der Waals surface area (Å²) in [6.07, 6.45) is 3.47. The van der Waals surface area contributed by atoms with E-state index < -0.39 is 5.97 Å². The molecule has 0 aromatic carbocycles. The summed E-state index contributed by atoms with van der Waals surface area (Å²) in [5.74, 6) is -0.422. The molecule has 3 aromatic heterocycles. The number of fused-ring (bicyclic) bond motifs is 1. The number of ether oxygens (including phenoxy) is 1. The standard InChI is InChI=1S/C15H13N3O2S/c1-2-20-15(19)11-6-5-10-12(16)13(21-14(10)18-11)9-4-3-7-17-8-9/h3-8H,2,16H2,1H3. The molecule has 0 amide bonds. The van der Waals surface area contributed by atoms with Crippen LogP contribution >= 0.6 is 11.3 Å². The van der Waals surface area contributed by atoms with Crippen LogP contribution in [0.3, 0.4) is 0 Å². The fourth-order valence-corrected chi connectivity index (χ4v) is 3.11. The highest BCUT2D eigenvalue weighted by atomic mass is 32.1. The quantitative estimate of drug-likeness (QED) is 0.752. The number of nitrogens with zero attached hydrogens (tertiary/aromatic N) is 2. The number of pyridine rings is 2. The zero-order valence-electron chi connectivity index (χ0n) is 11.4. The van der Waals surface area contributed by atoms with E-state index in [2.05, 4.69) is 9.97 Å². The molecule has 0 saturated heterocycles. The number of hydrogen-bond acceptors (Lipinski definition) is 6. The molecular formula is C15H13N3O2S. The number of carbonyl (C=O) groups is 1. The van der Waals surface area contributed by atoms with Gasteiger partial charge in [-0.25, -0.2) is 9.78 Å². The fourth-order valence-electron chi connectivity index (χ4n) is 2.03. The molecule has 2 N–H and O–H groups in total. The second-order valence-electron chi connectivity index (χ2n) is 4.36. The van der Waals surface area contributed by atoms with Crippen LogP contribution in [-0.2, 0) is 4.74 Å². The molecule has 3 aromatic rings. The Labute approximate surface area is 125 Å². The molecule has 0 aliphatic heterocycles. The first kappa shape index (κ1) is 13.5. The normalized spacial score (nSPS) is 10.7. The van der Waals surface area contributed by atoms with Crippen LogP contribution in [0.25, 0.3) is 20.7 Å². The van der Waals surface area contributed by atoms with Gasteiger partial charge < -0.3 is 10.5 Å². The minimum atomic E-state index is -0.422. The van der Waals surface area contributed by atoms with Crippen LogP contribution in [-0.4, -0.2) is 22.5 Å². The Balaban J connectivity index is 2.10. The Kier molecular flexibility index (Phi) is 3.53. The van der Waals surface area contributed by atoms with E-state index in [-0.39, 0.29) is 0 Å². The Hall–Kier alpha value is -2.47. The van der Waals surface area contributed by atoms with Crippen LogP contribution in [0.2, 0.25) is 0 Å². The van der Waals surface area contributed by atoms with Gasteiger partial charge >= 0.3 is 5.97 Å². The van der Waals surface area contributed by atoms with Gasteiger partial charge in [0.1, 0.15) is 10.5 Å². The lowest BCUT2D eigenvalue weighted by Gasteiger charge is -2.00. The van der Waals surface area contributed by atoms with Gasteiger partial charge in [0.25, 0.3) is 0 Å². The van der Waals surface area contributed by atoms with Gasteiger partial charge in [0, 0.05) is 23.3 Å². The average Bonchev–Trinajstić information content (AvgIpc) is 2.85. The molecule has 6 heteroatoms. The second kappa shape index (κ2) is 5.49. The predicted molar refractivity (Wildman–Crippen MR) is 83.2 cm³/mol. The Bertz CT molecular complexity index is 799. The summed E-state index contributed by atoms with van der Waals surface area (Å²) < 4.78 is 4.96. The van der Waals surface area contributed by atoms with E-state index in [1.54, 1.807) is 31.5 Å². The number of carbonyl (C=O) groups excluding carboxylic acids is 1. The lowest BCUT2D eigenvalue weighted by Crippen LogP contribution is -2.06. The monoisotopic (exact) mass is 299 g/mol. The Morgan fingerprint density at radius 3 is 2.95 bits per heavy atom. The summed E-state index contributed by atoms with van der Waals surface area (Å²) in [4.78, 5) is 21.8. The van der Waals surface area contributed by atoms with E-state index in [4.69, 9.17) is 10.5 Å². The predicted octanol–water partition coefficient (Wildman–Crippen LogP) is 3.12. The number of thiophene rings is 1. The van der Waals surface area contributed by atoms with Gasteiger partial charge in [-0.1, -0.05) is 6.07 Å². The number of hydrogen-bond donors (Lipinski definition) is 1. The van der Waals surface area contributed by atoms with E-state index in [1.807, 2.05) is 12.1 Å². The summed E-state index contributed by atoms with van der Waals surface area (Å²) >= 11 is 1.44.